The molecule has 2 atom stereocenters. The Morgan fingerprint density at radius 3 is 2.54 bits per heavy atom. The van der Waals surface area contributed by atoms with Crippen LogP contribution in [-0.2, 0) is 17.8 Å². The van der Waals surface area contributed by atoms with Crippen molar-refractivity contribution in [2.75, 3.05) is 59.0 Å². The molecule has 2 saturated heterocycles. The Bertz CT molecular complexity index is 1200. The molecule has 2 aromatic rings. The van der Waals surface area contributed by atoms with Crippen molar-refractivity contribution >= 4 is 17.6 Å². The second-order valence-electron chi connectivity index (χ2n) is 10.8. The standard InChI is InChI=1S/C31H43FN4O5/c1-5-6-7-15-41-29-18-24(11-12-27(29)39-3)36-14-8-13-35(31(36)38)19-23-10-9-22(16-28(23)40-4)17-30(37)33-26-21-34(2)20-25(26)32/h9-12,16,18,25-26H,5-8,13-15,17,19-21H2,1-4H3,(H,33,37)/t25-,26+/m1/s1. The SMILES string of the molecule is CCCCCOc1cc(N2CCCN(Cc3ccc(CC(=O)N[C@H]4CN(C)C[C@H]4F)cc3OC)C2=O)ccc1OC. The van der Waals surface area contributed by atoms with Crippen molar-refractivity contribution in [3.8, 4) is 17.2 Å². The second-order valence-corrected chi connectivity index (χ2v) is 10.8. The van der Waals surface area contributed by atoms with Gasteiger partial charge in [-0.25, -0.2) is 9.18 Å². The van der Waals surface area contributed by atoms with Crippen molar-refractivity contribution in [3.05, 3.63) is 47.5 Å². The molecule has 2 heterocycles. The fraction of sp³-hybridized carbons (Fsp3) is 0.548. The third-order valence-electron chi connectivity index (χ3n) is 7.63. The first-order valence-electron chi connectivity index (χ1n) is 14.5. The summed E-state index contributed by atoms with van der Waals surface area (Å²) in [6.45, 7) is 5.18. The minimum absolute atomic E-state index is 0.0915. The number of likely N-dealkylation sites (N-methyl/N-ethyl adjacent to an activating group) is 1. The van der Waals surface area contributed by atoms with Crippen LogP contribution in [0.3, 0.4) is 0 Å². The lowest BCUT2D eigenvalue weighted by atomic mass is 10.1. The van der Waals surface area contributed by atoms with Crippen LogP contribution in [0.1, 0.15) is 43.7 Å². The zero-order chi connectivity index (χ0) is 29.4. The zero-order valence-corrected chi connectivity index (χ0v) is 24.7. The van der Waals surface area contributed by atoms with Crippen molar-refractivity contribution in [1.82, 2.24) is 15.1 Å². The van der Waals surface area contributed by atoms with Gasteiger partial charge in [0.25, 0.3) is 0 Å². The predicted molar refractivity (Wildman–Crippen MR) is 157 cm³/mol. The highest BCUT2D eigenvalue weighted by atomic mass is 19.1. The number of unbranched alkanes of at least 4 members (excludes halogenated alkanes) is 2. The summed E-state index contributed by atoms with van der Waals surface area (Å²) in [5.74, 6) is 1.66. The van der Waals surface area contributed by atoms with E-state index >= 15 is 0 Å². The highest BCUT2D eigenvalue weighted by molar-refractivity contribution is 5.93. The van der Waals surface area contributed by atoms with E-state index in [0.29, 0.717) is 56.6 Å². The first-order valence-corrected chi connectivity index (χ1v) is 14.5. The smallest absolute Gasteiger partial charge is 0.324 e. The van der Waals surface area contributed by atoms with E-state index in [2.05, 4.69) is 12.2 Å². The summed E-state index contributed by atoms with van der Waals surface area (Å²) in [6, 6.07) is 10.6. The van der Waals surface area contributed by atoms with Crippen LogP contribution >= 0.6 is 0 Å². The summed E-state index contributed by atoms with van der Waals surface area (Å²) in [7, 11) is 5.03. The number of benzene rings is 2. The van der Waals surface area contributed by atoms with Gasteiger partial charge in [-0.3, -0.25) is 9.69 Å². The number of halogens is 1. The van der Waals surface area contributed by atoms with Gasteiger partial charge >= 0.3 is 6.03 Å². The maximum atomic E-state index is 14.1. The summed E-state index contributed by atoms with van der Waals surface area (Å²) < 4.78 is 31.2. The molecule has 2 aliphatic heterocycles. The summed E-state index contributed by atoms with van der Waals surface area (Å²) in [4.78, 5) is 31.6. The fourth-order valence-electron chi connectivity index (χ4n) is 5.41. The van der Waals surface area contributed by atoms with E-state index in [1.165, 1.54) is 0 Å². The van der Waals surface area contributed by atoms with Crippen LogP contribution in [0.15, 0.2) is 36.4 Å². The topological polar surface area (TPSA) is 83.6 Å². The molecule has 224 valence electrons. The van der Waals surface area contributed by atoms with Crippen LogP contribution in [-0.4, -0.2) is 88.0 Å². The van der Waals surface area contributed by atoms with Crippen molar-refractivity contribution in [2.45, 2.75) is 57.8 Å². The Morgan fingerprint density at radius 1 is 1.02 bits per heavy atom. The molecule has 0 unspecified atom stereocenters. The minimum atomic E-state index is -1.06. The van der Waals surface area contributed by atoms with Gasteiger partial charge in [0, 0.05) is 43.5 Å². The van der Waals surface area contributed by atoms with Crippen LogP contribution in [0.5, 0.6) is 17.2 Å². The third-order valence-corrected chi connectivity index (χ3v) is 7.63. The average molecular weight is 571 g/mol. The fourth-order valence-corrected chi connectivity index (χ4v) is 5.41. The van der Waals surface area contributed by atoms with Crippen LogP contribution in [0.4, 0.5) is 14.9 Å². The Balaban J connectivity index is 1.41. The molecule has 10 heteroatoms. The molecule has 0 saturated carbocycles. The molecule has 2 fully saturated rings. The number of likely N-dealkylation sites (tertiary alicyclic amines) is 1. The van der Waals surface area contributed by atoms with E-state index < -0.39 is 12.2 Å². The largest absolute Gasteiger partial charge is 0.496 e. The summed E-state index contributed by atoms with van der Waals surface area (Å²) in [5, 5.41) is 2.81. The number of nitrogens with zero attached hydrogens (tertiary/aromatic N) is 3. The molecule has 1 N–H and O–H groups in total. The van der Waals surface area contributed by atoms with Gasteiger partial charge < -0.3 is 29.3 Å². The van der Waals surface area contributed by atoms with E-state index in [-0.39, 0.29) is 18.4 Å². The normalized spacial score (nSPS) is 19.4. The molecule has 2 aromatic carbocycles. The molecular weight excluding hydrogens is 527 g/mol. The third kappa shape index (κ3) is 7.81. The number of methoxy groups -OCH3 is 2. The van der Waals surface area contributed by atoms with Gasteiger partial charge in [-0.05, 0) is 43.7 Å². The van der Waals surface area contributed by atoms with Gasteiger partial charge in [-0.2, -0.15) is 0 Å². The van der Waals surface area contributed by atoms with Crippen LogP contribution in [0.2, 0.25) is 0 Å². The van der Waals surface area contributed by atoms with Gasteiger partial charge in [0.2, 0.25) is 5.91 Å². The van der Waals surface area contributed by atoms with Crippen molar-refractivity contribution in [3.63, 3.8) is 0 Å². The average Bonchev–Trinajstić information content (AvgIpc) is 3.28. The lowest BCUT2D eigenvalue weighted by molar-refractivity contribution is -0.121. The minimum Gasteiger partial charge on any atom is -0.496 e. The number of hydrogen-bond donors (Lipinski definition) is 1. The number of rotatable bonds is 13. The number of amides is 3. The number of hydrogen-bond acceptors (Lipinski definition) is 6. The molecular formula is C31H43FN4O5. The molecule has 0 bridgehead atoms. The summed E-state index contributed by atoms with van der Waals surface area (Å²) in [6.07, 6.45) is 3.04. The Morgan fingerprint density at radius 2 is 1.83 bits per heavy atom. The first kappa shape index (κ1) is 30.4. The number of alkyl halides is 1. The molecule has 0 radical (unpaired) electrons. The highest BCUT2D eigenvalue weighted by Crippen LogP contribution is 2.34. The number of carbonyl (C=O) groups excluding carboxylic acids is 2. The highest BCUT2D eigenvalue weighted by Gasteiger charge is 2.32. The van der Waals surface area contributed by atoms with Gasteiger partial charge in [-0.15, -0.1) is 0 Å². The molecule has 41 heavy (non-hydrogen) atoms. The monoisotopic (exact) mass is 570 g/mol. The Kier molecular flexibility index (Phi) is 10.7. The van der Waals surface area contributed by atoms with Gasteiger partial charge in [0.15, 0.2) is 11.5 Å². The first-order chi connectivity index (χ1) is 19.8. The quantitative estimate of drug-likeness (QED) is 0.359. The molecule has 2 aliphatic rings. The van der Waals surface area contributed by atoms with Gasteiger partial charge in [-0.1, -0.05) is 31.9 Å². The molecule has 0 aliphatic carbocycles. The van der Waals surface area contributed by atoms with Gasteiger partial charge in [0.1, 0.15) is 11.9 Å². The number of anilines is 1. The number of nitrogens with one attached hydrogen (secondary N) is 1. The molecule has 9 nitrogen and oxygen atoms in total. The lowest BCUT2D eigenvalue weighted by Gasteiger charge is -2.36. The van der Waals surface area contributed by atoms with Crippen LogP contribution in [0, 0.1) is 0 Å². The van der Waals surface area contributed by atoms with Gasteiger partial charge in [0.05, 0.1) is 39.8 Å². The van der Waals surface area contributed by atoms with Crippen molar-refractivity contribution in [2.24, 2.45) is 0 Å². The van der Waals surface area contributed by atoms with E-state index in [1.54, 1.807) is 24.0 Å². The maximum absolute atomic E-state index is 14.1. The summed E-state index contributed by atoms with van der Waals surface area (Å²) >= 11 is 0. The second kappa shape index (κ2) is 14.4. The Hall–Kier alpha value is -3.53. The van der Waals surface area contributed by atoms with E-state index in [9.17, 15) is 14.0 Å². The van der Waals surface area contributed by atoms with Crippen molar-refractivity contribution in [1.29, 1.82) is 0 Å². The number of ether oxygens (including phenoxy) is 3. The Labute approximate surface area is 242 Å². The molecule has 0 aromatic heterocycles. The lowest BCUT2D eigenvalue weighted by Crippen LogP contribution is -2.49. The number of urea groups is 1. The maximum Gasteiger partial charge on any atom is 0.324 e. The van der Waals surface area contributed by atoms with E-state index in [0.717, 1.165) is 42.5 Å². The van der Waals surface area contributed by atoms with Crippen LogP contribution < -0.4 is 24.4 Å². The van der Waals surface area contributed by atoms with Crippen LogP contribution in [0.25, 0.3) is 0 Å². The van der Waals surface area contributed by atoms with E-state index in [4.69, 9.17) is 14.2 Å². The molecule has 4 rings (SSSR count). The number of carbonyl (C=O) groups is 2. The predicted octanol–water partition coefficient (Wildman–Crippen LogP) is 4.42. The van der Waals surface area contributed by atoms with E-state index in [1.807, 2.05) is 48.3 Å². The summed E-state index contributed by atoms with van der Waals surface area (Å²) in [5.41, 5.74) is 2.38. The van der Waals surface area contributed by atoms with Crippen molar-refractivity contribution < 1.29 is 28.2 Å². The zero-order valence-electron chi connectivity index (χ0n) is 24.7. The molecule has 3 amide bonds. The molecule has 0 spiro atoms.